The Bertz CT molecular complexity index is 926. The van der Waals surface area contributed by atoms with Crippen molar-refractivity contribution in [3.63, 3.8) is 0 Å². The number of nitrogens with zero attached hydrogens (tertiary/aromatic N) is 1. The van der Waals surface area contributed by atoms with Gasteiger partial charge in [0, 0.05) is 6.54 Å². The van der Waals surface area contributed by atoms with Crippen LogP contribution >= 0.6 is 0 Å². The Morgan fingerprint density at radius 2 is 1.92 bits per heavy atom. The molecule has 0 aromatic carbocycles. The number of rotatable bonds is 3. The quantitative estimate of drug-likeness (QED) is 0.421. The molecule has 0 aromatic heterocycles. The van der Waals surface area contributed by atoms with Crippen molar-refractivity contribution in [1.82, 2.24) is 15.5 Å². The summed E-state index contributed by atoms with van der Waals surface area (Å²) in [6.45, 7) is 13.8. The minimum atomic E-state index is -1.05. The second-order valence-electron chi connectivity index (χ2n) is 12.1. The maximum atomic E-state index is 14.0. The van der Waals surface area contributed by atoms with Gasteiger partial charge in [-0.3, -0.25) is 9.59 Å². The first-order valence-corrected chi connectivity index (χ1v) is 13.8. The summed E-state index contributed by atoms with van der Waals surface area (Å²) in [5.41, 5.74) is -0.859. The highest BCUT2D eigenvalue weighted by Crippen LogP contribution is 2.65. The molecule has 2 fully saturated rings. The molecule has 1 saturated carbocycles. The van der Waals surface area contributed by atoms with E-state index in [-0.39, 0.29) is 36.4 Å². The van der Waals surface area contributed by atoms with Gasteiger partial charge in [-0.15, -0.1) is 0 Å². The van der Waals surface area contributed by atoms with Crippen molar-refractivity contribution >= 4 is 23.9 Å². The Morgan fingerprint density at radius 1 is 1.21 bits per heavy atom. The van der Waals surface area contributed by atoms with Gasteiger partial charge >= 0.3 is 12.1 Å². The topological polar surface area (TPSA) is 123 Å². The zero-order valence-electron chi connectivity index (χ0n) is 23.9. The van der Waals surface area contributed by atoms with Crippen LogP contribution in [0.15, 0.2) is 12.2 Å². The first kappa shape index (κ1) is 29.9. The largest absolute Gasteiger partial charge is 0.464 e. The van der Waals surface area contributed by atoms with Crippen LogP contribution in [-0.4, -0.2) is 78.4 Å². The molecule has 0 spiro atoms. The Morgan fingerprint density at radius 3 is 2.58 bits per heavy atom. The number of ether oxygens (including phenoxy) is 3. The maximum absolute atomic E-state index is 14.0. The Kier molecular flexibility index (Phi) is 9.49. The van der Waals surface area contributed by atoms with Gasteiger partial charge in [-0.2, -0.15) is 0 Å². The minimum Gasteiger partial charge on any atom is -0.464 e. The number of carbonyl (C=O) groups excluding carboxylic acids is 4. The van der Waals surface area contributed by atoms with Gasteiger partial charge in [0.2, 0.25) is 11.8 Å². The van der Waals surface area contributed by atoms with Crippen LogP contribution in [0.4, 0.5) is 4.79 Å². The zero-order chi connectivity index (χ0) is 28.3. The number of allylic oxidation sites excluding steroid dienone is 1. The molecule has 1 aliphatic carbocycles. The number of nitrogens with one attached hydrogen (secondary N) is 2. The smallest absolute Gasteiger partial charge is 0.408 e. The van der Waals surface area contributed by atoms with E-state index in [1.807, 2.05) is 12.2 Å². The van der Waals surface area contributed by atoms with E-state index in [4.69, 9.17) is 14.2 Å². The molecular formula is C28H45N3O7. The van der Waals surface area contributed by atoms with Crippen molar-refractivity contribution in [3.05, 3.63) is 12.2 Å². The minimum absolute atomic E-state index is 0.0467. The van der Waals surface area contributed by atoms with Crippen LogP contribution in [0.5, 0.6) is 0 Å². The number of piperidine rings is 1. The fourth-order valence-corrected chi connectivity index (χ4v) is 5.66. The van der Waals surface area contributed by atoms with Gasteiger partial charge < -0.3 is 29.7 Å². The molecule has 1 saturated heterocycles. The molecule has 214 valence electrons. The molecule has 3 amide bonds. The number of fused-ring (bicyclic) bond motifs is 3. The number of esters is 1. The average Bonchev–Trinajstić information content (AvgIpc) is 3.15. The third-order valence-electron chi connectivity index (χ3n) is 7.79. The lowest BCUT2D eigenvalue weighted by Gasteiger charge is -2.35. The second kappa shape index (κ2) is 12.1. The van der Waals surface area contributed by atoms with E-state index in [0.717, 1.165) is 19.3 Å². The molecular weight excluding hydrogens is 490 g/mol. The average molecular weight is 536 g/mol. The van der Waals surface area contributed by atoms with Gasteiger partial charge in [0.1, 0.15) is 23.7 Å². The Balaban J connectivity index is 1.91. The summed E-state index contributed by atoms with van der Waals surface area (Å²) in [5, 5.41) is 5.59. The van der Waals surface area contributed by atoms with Crippen molar-refractivity contribution in [1.29, 1.82) is 0 Å². The fourth-order valence-electron chi connectivity index (χ4n) is 5.66. The van der Waals surface area contributed by atoms with Gasteiger partial charge in [0.25, 0.3) is 0 Å². The number of hydrogen-bond acceptors (Lipinski definition) is 7. The molecule has 0 unspecified atom stereocenters. The number of hydrogen-bond donors (Lipinski definition) is 2. The lowest BCUT2D eigenvalue weighted by molar-refractivity contribution is -0.149. The zero-order valence-corrected chi connectivity index (χ0v) is 23.9. The van der Waals surface area contributed by atoms with E-state index in [9.17, 15) is 19.2 Å². The summed E-state index contributed by atoms with van der Waals surface area (Å²) in [6, 6.07) is -2.60. The summed E-state index contributed by atoms with van der Waals surface area (Å²) < 4.78 is 16.6. The first-order chi connectivity index (χ1) is 17.8. The molecule has 10 nitrogen and oxygen atoms in total. The van der Waals surface area contributed by atoms with Gasteiger partial charge in [-0.1, -0.05) is 32.4 Å². The molecule has 0 radical (unpaired) electrons. The molecule has 2 heterocycles. The summed E-state index contributed by atoms with van der Waals surface area (Å²) in [5.74, 6) is -1.14. The highest BCUT2D eigenvalue weighted by Gasteiger charge is 2.69. The van der Waals surface area contributed by atoms with Crippen LogP contribution in [0, 0.1) is 17.3 Å². The third-order valence-corrected chi connectivity index (χ3v) is 7.79. The summed E-state index contributed by atoms with van der Waals surface area (Å²) >= 11 is 0. The number of amides is 3. The lowest BCUT2D eigenvalue weighted by Crippen LogP contribution is -2.60. The van der Waals surface area contributed by atoms with Crippen molar-refractivity contribution in [2.24, 2.45) is 17.3 Å². The first-order valence-electron chi connectivity index (χ1n) is 13.8. The van der Waals surface area contributed by atoms with Gasteiger partial charge in [0.15, 0.2) is 0 Å². The van der Waals surface area contributed by atoms with E-state index >= 15 is 0 Å². The molecule has 6 atom stereocenters. The van der Waals surface area contributed by atoms with Crippen molar-refractivity contribution in [2.75, 3.05) is 19.8 Å². The SMILES string of the molecule is CCOC(=O)[C@@H]1CCCC/C=C\CO[C@@H](C)[C@H](NC(=O)OC(C)(C)C)C(=O)N2C[C@H]3[C@@H]([C@H]2C(=O)N1)C3(C)C. The monoisotopic (exact) mass is 535 g/mol. The van der Waals surface area contributed by atoms with Gasteiger partial charge in [0.05, 0.1) is 19.3 Å². The molecule has 10 heteroatoms. The normalized spacial score (nSPS) is 32.9. The van der Waals surface area contributed by atoms with Crippen molar-refractivity contribution in [3.8, 4) is 0 Å². The summed E-state index contributed by atoms with van der Waals surface area (Å²) in [6.07, 6.45) is 5.28. The molecule has 0 aromatic rings. The Hall–Kier alpha value is -2.62. The van der Waals surface area contributed by atoms with Crippen LogP contribution in [0.2, 0.25) is 0 Å². The van der Waals surface area contributed by atoms with E-state index < -0.39 is 47.8 Å². The lowest BCUT2D eigenvalue weighted by atomic mass is 9.98. The van der Waals surface area contributed by atoms with Crippen LogP contribution in [-0.2, 0) is 28.6 Å². The molecule has 0 bridgehead atoms. The molecule has 2 N–H and O–H groups in total. The fraction of sp³-hybridized carbons (Fsp3) is 0.786. The summed E-state index contributed by atoms with van der Waals surface area (Å²) in [7, 11) is 0. The highest BCUT2D eigenvalue weighted by molar-refractivity contribution is 5.94. The predicted molar refractivity (Wildman–Crippen MR) is 141 cm³/mol. The molecule has 2 aliphatic heterocycles. The standard InChI is InChI=1S/C28H45N3O7/c1-8-36-25(34)19-14-12-10-9-11-13-15-37-17(2)21(30-26(35)38-27(3,4)5)24(33)31-16-18-20(28(18,6)7)22(31)23(32)29-19/h11,13,17-22H,8-10,12,14-16H2,1-7H3,(H,29,32)(H,30,35)/b13-11-/t17-,18-,19-,20-,21-,22-/m0/s1. The number of alkyl carbamates (subject to hydrolysis) is 1. The predicted octanol–water partition coefficient (Wildman–Crippen LogP) is 2.95. The Labute approximate surface area is 226 Å². The molecule has 3 rings (SSSR count). The van der Waals surface area contributed by atoms with Gasteiger partial charge in [-0.05, 0) is 71.1 Å². The maximum Gasteiger partial charge on any atom is 0.408 e. The van der Waals surface area contributed by atoms with Crippen LogP contribution in [0.1, 0.15) is 74.1 Å². The van der Waals surface area contributed by atoms with Gasteiger partial charge in [-0.25, -0.2) is 9.59 Å². The van der Waals surface area contributed by atoms with Crippen LogP contribution in [0.3, 0.4) is 0 Å². The van der Waals surface area contributed by atoms with Crippen molar-refractivity contribution < 1.29 is 33.4 Å². The highest BCUT2D eigenvalue weighted by atomic mass is 16.6. The third kappa shape index (κ3) is 7.07. The van der Waals surface area contributed by atoms with E-state index in [0.29, 0.717) is 13.0 Å². The number of carbonyl (C=O) groups is 4. The molecule has 38 heavy (non-hydrogen) atoms. The molecule has 3 aliphatic rings. The van der Waals surface area contributed by atoms with E-state index in [2.05, 4.69) is 24.5 Å². The van der Waals surface area contributed by atoms with Crippen LogP contribution in [0.25, 0.3) is 0 Å². The van der Waals surface area contributed by atoms with Crippen LogP contribution < -0.4 is 10.6 Å². The second-order valence-corrected chi connectivity index (χ2v) is 12.1. The summed E-state index contributed by atoms with van der Waals surface area (Å²) in [4.78, 5) is 54.6. The van der Waals surface area contributed by atoms with E-state index in [1.54, 1.807) is 39.5 Å². The van der Waals surface area contributed by atoms with E-state index in [1.165, 1.54) is 0 Å². The van der Waals surface area contributed by atoms with Crippen molar-refractivity contribution in [2.45, 2.75) is 104 Å².